The van der Waals surface area contributed by atoms with E-state index in [0.29, 0.717) is 18.8 Å². The quantitative estimate of drug-likeness (QED) is 0.869. The lowest BCUT2D eigenvalue weighted by Crippen LogP contribution is -2.49. The summed E-state index contributed by atoms with van der Waals surface area (Å²) in [6.45, 7) is 0.353. The molecule has 2 aromatic heterocycles. The van der Waals surface area contributed by atoms with Crippen molar-refractivity contribution in [3.05, 3.63) is 28.9 Å². The minimum Gasteiger partial charge on any atom is -0.278 e. The summed E-state index contributed by atoms with van der Waals surface area (Å²) >= 11 is 3.42. The molecule has 0 unspecified atom stereocenters. The molecule has 1 N–H and O–H groups in total. The van der Waals surface area contributed by atoms with Crippen LogP contribution in [-0.4, -0.2) is 28.1 Å². The van der Waals surface area contributed by atoms with E-state index in [-0.39, 0.29) is 5.91 Å². The second kappa shape index (κ2) is 4.09. The number of nitrogens with zero attached hydrogens (tertiary/aromatic N) is 3. The van der Waals surface area contributed by atoms with Gasteiger partial charge in [-0.15, -0.1) is 5.10 Å². The molecule has 0 saturated carbocycles. The van der Waals surface area contributed by atoms with Gasteiger partial charge in [0.15, 0.2) is 5.82 Å². The fourth-order valence-corrected chi connectivity index (χ4v) is 2.33. The topological polar surface area (TPSA) is 66.7 Å². The van der Waals surface area contributed by atoms with Crippen molar-refractivity contribution in [1.82, 2.24) is 14.9 Å². The average Bonchev–Trinajstić information content (AvgIpc) is 2.74. The third-order valence-corrected chi connectivity index (χ3v) is 3.44. The Morgan fingerprint density at radius 1 is 1.39 bits per heavy atom. The number of aromatic nitrogens is 2. The Hall–Kier alpha value is -1.89. The molecule has 0 atom stereocenters. The Labute approximate surface area is 111 Å². The van der Waals surface area contributed by atoms with Crippen LogP contribution in [0.3, 0.4) is 0 Å². The highest BCUT2D eigenvalue weighted by atomic mass is 79.9. The smallest absolute Gasteiger partial charge is 0.278 e. The zero-order valence-electron chi connectivity index (χ0n) is 9.26. The predicted molar refractivity (Wildman–Crippen MR) is 68.4 cm³/mol. The van der Waals surface area contributed by atoms with Gasteiger partial charge in [-0.25, -0.2) is 9.31 Å². The molecule has 1 saturated heterocycles. The number of carbonyl (C=O) groups is 2. The molecule has 3 rings (SSSR count). The minimum absolute atomic E-state index is 0.249. The van der Waals surface area contributed by atoms with E-state index in [0.717, 1.165) is 9.99 Å². The lowest BCUT2D eigenvalue weighted by molar-refractivity contribution is -0.120. The van der Waals surface area contributed by atoms with Crippen LogP contribution in [0, 0.1) is 0 Å². The van der Waals surface area contributed by atoms with Crippen molar-refractivity contribution in [2.24, 2.45) is 0 Å². The number of carbonyl (C=O) groups excluding carboxylic acids is 2. The average molecular weight is 309 g/mol. The Bertz CT molecular complexity index is 652. The number of anilines is 1. The first-order valence-corrected chi connectivity index (χ1v) is 6.20. The second-order valence-electron chi connectivity index (χ2n) is 3.94. The van der Waals surface area contributed by atoms with Crippen molar-refractivity contribution in [2.75, 3.05) is 11.4 Å². The van der Waals surface area contributed by atoms with Crippen molar-refractivity contribution in [3.8, 4) is 0 Å². The Morgan fingerprint density at radius 3 is 2.94 bits per heavy atom. The second-order valence-corrected chi connectivity index (χ2v) is 4.80. The van der Waals surface area contributed by atoms with Gasteiger partial charge in [0.05, 0.1) is 5.52 Å². The lowest BCUT2D eigenvalue weighted by atomic mass is 10.3. The molecule has 0 aromatic carbocycles. The number of rotatable bonds is 1. The SMILES string of the molecule is O=C1CCN(c2cc3c(Br)cccn3n2)C(=O)N1. The summed E-state index contributed by atoms with van der Waals surface area (Å²) in [6, 6.07) is 5.14. The van der Waals surface area contributed by atoms with Gasteiger partial charge in [-0.1, -0.05) is 0 Å². The van der Waals surface area contributed by atoms with E-state index >= 15 is 0 Å². The number of pyridine rings is 1. The maximum atomic E-state index is 11.7. The van der Waals surface area contributed by atoms with Crippen LogP contribution >= 0.6 is 15.9 Å². The number of fused-ring (bicyclic) bond motifs is 1. The normalized spacial score (nSPS) is 16.2. The molecule has 18 heavy (non-hydrogen) atoms. The monoisotopic (exact) mass is 308 g/mol. The molecule has 3 amide bonds. The van der Waals surface area contributed by atoms with Gasteiger partial charge in [0.1, 0.15) is 0 Å². The Balaban J connectivity index is 2.02. The van der Waals surface area contributed by atoms with E-state index in [4.69, 9.17) is 0 Å². The van der Waals surface area contributed by atoms with Gasteiger partial charge >= 0.3 is 6.03 Å². The summed E-state index contributed by atoms with van der Waals surface area (Å²) in [5.41, 5.74) is 0.872. The first-order valence-electron chi connectivity index (χ1n) is 5.40. The summed E-state index contributed by atoms with van der Waals surface area (Å²) in [5, 5.41) is 6.59. The molecule has 2 aromatic rings. The van der Waals surface area contributed by atoms with Crippen LogP contribution in [0.4, 0.5) is 10.6 Å². The van der Waals surface area contributed by atoms with Gasteiger partial charge in [-0.3, -0.25) is 15.0 Å². The van der Waals surface area contributed by atoms with Crippen LogP contribution in [0.15, 0.2) is 28.9 Å². The number of nitrogens with one attached hydrogen (secondary N) is 1. The molecular formula is C11H9BrN4O2. The highest BCUT2D eigenvalue weighted by molar-refractivity contribution is 9.10. The lowest BCUT2D eigenvalue weighted by Gasteiger charge is -2.23. The molecule has 1 aliphatic heterocycles. The van der Waals surface area contributed by atoms with E-state index in [1.807, 2.05) is 12.1 Å². The summed E-state index contributed by atoms with van der Waals surface area (Å²) in [7, 11) is 0. The van der Waals surface area contributed by atoms with Crippen LogP contribution in [0.1, 0.15) is 6.42 Å². The number of imide groups is 1. The number of halogens is 1. The van der Waals surface area contributed by atoms with Gasteiger partial charge in [0.25, 0.3) is 0 Å². The molecule has 1 aliphatic rings. The van der Waals surface area contributed by atoms with E-state index in [1.54, 1.807) is 16.8 Å². The zero-order chi connectivity index (χ0) is 12.7. The molecule has 0 spiro atoms. The highest BCUT2D eigenvalue weighted by Gasteiger charge is 2.26. The van der Waals surface area contributed by atoms with Crippen molar-refractivity contribution < 1.29 is 9.59 Å². The van der Waals surface area contributed by atoms with Crippen LogP contribution < -0.4 is 10.2 Å². The highest BCUT2D eigenvalue weighted by Crippen LogP contribution is 2.23. The van der Waals surface area contributed by atoms with Gasteiger partial charge in [-0.05, 0) is 28.1 Å². The van der Waals surface area contributed by atoms with Gasteiger partial charge in [0, 0.05) is 29.7 Å². The summed E-state index contributed by atoms with van der Waals surface area (Å²) in [4.78, 5) is 24.2. The standard InChI is InChI=1S/C11H9BrN4O2/c12-7-2-1-4-16-8(7)6-9(14-16)15-5-3-10(17)13-11(15)18/h1-2,4,6H,3,5H2,(H,13,17,18). The van der Waals surface area contributed by atoms with Crippen LogP contribution in [0.2, 0.25) is 0 Å². The molecule has 92 valence electrons. The third kappa shape index (κ3) is 1.76. The minimum atomic E-state index is -0.425. The van der Waals surface area contributed by atoms with Crippen molar-refractivity contribution in [1.29, 1.82) is 0 Å². The van der Waals surface area contributed by atoms with Crippen molar-refractivity contribution in [3.63, 3.8) is 0 Å². The molecule has 0 bridgehead atoms. The first-order chi connectivity index (χ1) is 8.65. The summed E-state index contributed by atoms with van der Waals surface area (Å²) < 4.78 is 2.58. The maximum absolute atomic E-state index is 11.7. The van der Waals surface area contributed by atoms with Crippen LogP contribution in [0.5, 0.6) is 0 Å². The van der Waals surface area contributed by atoms with Gasteiger partial charge in [0.2, 0.25) is 5.91 Å². The fourth-order valence-electron chi connectivity index (χ4n) is 1.88. The summed E-state index contributed by atoms with van der Waals surface area (Å²) in [6.07, 6.45) is 2.09. The Kier molecular flexibility index (Phi) is 2.55. The molecule has 7 heteroatoms. The van der Waals surface area contributed by atoms with Crippen molar-refractivity contribution >= 4 is 39.2 Å². The Morgan fingerprint density at radius 2 is 2.22 bits per heavy atom. The van der Waals surface area contributed by atoms with E-state index in [9.17, 15) is 9.59 Å². The van der Waals surface area contributed by atoms with Crippen molar-refractivity contribution in [2.45, 2.75) is 6.42 Å². The molecule has 3 heterocycles. The largest absolute Gasteiger partial charge is 0.329 e. The number of urea groups is 1. The molecule has 0 aliphatic carbocycles. The number of hydrogen-bond acceptors (Lipinski definition) is 3. The first kappa shape index (κ1) is 11.2. The molecule has 1 fully saturated rings. The van der Waals surface area contributed by atoms with Gasteiger partial charge < -0.3 is 0 Å². The molecular weight excluding hydrogens is 300 g/mol. The summed E-state index contributed by atoms with van der Waals surface area (Å²) in [5.74, 6) is 0.285. The number of hydrogen-bond donors (Lipinski definition) is 1. The number of amides is 3. The predicted octanol–water partition coefficient (Wildman–Crippen LogP) is 1.54. The van der Waals surface area contributed by atoms with E-state index < -0.39 is 6.03 Å². The zero-order valence-corrected chi connectivity index (χ0v) is 10.8. The molecule has 6 nitrogen and oxygen atoms in total. The van der Waals surface area contributed by atoms with Crippen LogP contribution in [0.25, 0.3) is 5.52 Å². The third-order valence-electron chi connectivity index (χ3n) is 2.77. The maximum Gasteiger partial charge on any atom is 0.329 e. The molecule has 0 radical (unpaired) electrons. The van der Waals surface area contributed by atoms with E-state index in [1.165, 1.54) is 4.90 Å². The van der Waals surface area contributed by atoms with Crippen LogP contribution in [-0.2, 0) is 4.79 Å². The van der Waals surface area contributed by atoms with E-state index in [2.05, 4.69) is 26.3 Å². The fraction of sp³-hybridized carbons (Fsp3) is 0.182. The van der Waals surface area contributed by atoms with Gasteiger partial charge in [-0.2, -0.15) is 0 Å².